The van der Waals surface area contributed by atoms with Crippen LogP contribution in [0.5, 0.6) is 0 Å². The maximum absolute atomic E-state index is 6.10. The molecule has 0 aromatic heterocycles. The summed E-state index contributed by atoms with van der Waals surface area (Å²) in [5, 5.41) is 0.658. The minimum absolute atomic E-state index is 0.567. The molecule has 16 heavy (non-hydrogen) atoms. The molecule has 1 saturated heterocycles. The van der Waals surface area contributed by atoms with Gasteiger partial charge in [0.15, 0.2) is 0 Å². The Hall–Kier alpha value is -0.540. The second-order valence-electron chi connectivity index (χ2n) is 4.28. The molecule has 1 aromatic carbocycles. The molecule has 0 aliphatic carbocycles. The Kier molecular flexibility index (Phi) is 3.55. The summed E-state index contributed by atoms with van der Waals surface area (Å²) in [6.45, 7) is 5.44. The summed E-state index contributed by atoms with van der Waals surface area (Å²) in [7, 11) is 0. The molecule has 1 aliphatic heterocycles. The van der Waals surface area contributed by atoms with Gasteiger partial charge in [0, 0.05) is 29.8 Å². The second-order valence-corrected chi connectivity index (χ2v) is 5.83. The minimum Gasteiger partial charge on any atom is -0.398 e. The number of aryl methyl sites for hydroxylation is 1. The maximum Gasteiger partial charge on any atom is 0.0656 e. The van der Waals surface area contributed by atoms with Crippen LogP contribution in [0.4, 0.5) is 11.4 Å². The molecule has 1 unspecified atom stereocenters. The number of hydrogen-bond acceptors (Lipinski definition) is 3. The lowest BCUT2D eigenvalue weighted by Gasteiger charge is -2.36. The maximum atomic E-state index is 6.10. The van der Waals surface area contributed by atoms with Crippen LogP contribution in [-0.4, -0.2) is 24.1 Å². The van der Waals surface area contributed by atoms with E-state index in [2.05, 4.69) is 18.7 Å². The van der Waals surface area contributed by atoms with Crippen LogP contribution in [0, 0.1) is 6.92 Å². The third-order valence-corrected chi connectivity index (χ3v) is 4.51. The van der Waals surface area contributed by atoms with Crippen molar-refractivity contribution in [3.8, 4) is 0 Å². The van der Waals surface area contributed by atoms with Gasteiger partial charge >= 0.3 is 0 Å². The molecule has 0 spiro atoms. The lowest BCUT2D eigenvalue weighted by molar-refractivity contribution is 0.698. The monoisotopic (exact) mass is 256 g/mol. The van der Waals surface area contributed by atoms with E-state index >= 15 is 0 Å². The zero-order chi connectivity index (χ0) is 11.7. The van der Waals surface area contributed by atoms with E-state index in [-0.39, 0.29) is 0 Å². The van der Waals surface area contributed by atoms with Crippen molar-refractivity contribution >= 4 is 34.7 Å². The summed E-state index contributed by atoms with van der Waals surface area (Å²) in [6.07, 6.45) is 0. The molecule has 1 atom stereocenters. The number of halogens is 1. The van der Waals surface area contributed by atoms with E-state index in [1.165, 1.54) is 22.8 Å². The van der Waals surface area contributed by atoms with Gasteiger partial charge < -0.3 is 10.6 Å². The number of nitrogen functional groups attached to an aromatic ring is 1. The van der Waals surface area contributed by atoms with Gasteiger partial charge in [0.2, 0.25) is 0 Å². The zero-order valence-electron chi connectivity index (χ0n) is 9.66. The quantitative estimate of drug-likeness (QED) is 0.783. The number of nitrogens with zero attached hydrogens (tertiary/aromatic N) is 1. The fraction of sp³-hybridized carbons (Fsp3) is 0.500. The molecule has 1 heterocycles. The Balaban J connectivity index is 2.35. The molecule has 2 N–H and O–H groups in total. The van der Waals surface area contributed by atoms with Crippen molar-refractivity contribution in [1.29, 1.82) is 0 Å². The van der Waals surface area contributed by atoms with Gasteiger partial charge in [-0.15, -0.1) is 0 Å². The highest BCUT2D eigenvalue weighted by atomic mass is 35.5. The molecule has 88 valence electrons. The van der Waals surface area contributed by atoms with Crippen LogP contribution in [-0.2, 0) is 0 Å². The van der Waals surface area contributed by atoms with Crippen molar-refractivity contribution < 1.29 is 0 Å². The molecule has 0 amide bonds. The molecule has 2 rings (SSSR count). The summed E-state index contributed by atoms with van der Waals surface area (Å²) in [6, 6.07) is 4.53. The second kappa shape index (κ2) is 4.76. The Morgan fingerprint density at radius 3 is 2.94 bits per heavy atom. The standard InChI is InChI=1S/C12H17ClN2S/c1-8-5-11(14)10(13)6-12(8)15-3-4-16-7-9(15)2/h5-6,9H,3-4,7,14H2,1-2H3. The fourth-order valence-electron chi connectivity index (χ4n) is 2.09. The average Bonchev–Trinajstić information content (AvgIpc) is 2.25. The van der Waals surface area contributed by atoms with Crippen molar-refractivity contribution in [2.45, 2.75) is 19.9 Å². The van der Waals surface area contributed by atoms with Crippen LogP contribution in [0.15, 0.2) is 12.1 Å². The van der Waals surface area contributed by atoms with E-state index in [9.17, 15) is 0 Å². The molecule has 0 saturated carbocycles. The van der Waals surface area contributed by atoms with E-state index in [1.807, 2.05) is 23.9 Å². The largest absolute Gasteiger partial charge is 0.398 e. The normalized spacial score (nSPS) is 21.2. The highest BCUT2D eigenvalue weighted by Gasteiger charge is 2.20. The van der Waals surface area contributed by atoms with Gasteiger partial charge in [-0.2, -0.15) is 11.8 Å². The molecule has 1 aliphatic rings. The molecule has 4 heteroatoms. The van der Waals surface area contributed by atoms with Crippen molar-refractivity contribution in [1.82, 2.24) is 0 Å². The van der Waals surface area contributed by atoms with Crippen LogP contribution in [0.2, 0.25) is 5.02 Å². The third-order valence-electron chi connectivity index (χ3n) is 2.99. The first kappa shape index (κ1) is 11.9. The first-order valence-electron chi connectivity index (χ1n) is 5.49. The molecule has 0 radical (unpaired) electrons. The van der Waals surface area contributed by atoms with Gasteiger partial charge in [-0.25, -0.2) is 0 Å². The molecule has 1 fully saturated rings. The topological polar surface area (TPSA) is 29.3 Å². The number of nitrogens with two attached hydrogens (primary N) is 1. The predicted octanol–water partition coefficient (Wildman–Crippen LogP) is 3.17. The Bertz CT molecular complexity index is 395. The lowest BCUT2D eigenvalue weighted by atomic mass is 10.1. The zero-order valence-corrected chi connectivity index (χ0v) is 11.2. The van der Waals surface area contributed by atoms with E-state index in [0.717, 1.165) is 6.54 Å². The third kappa shape index (κ3) is 2.25. The fourth-order valence-corrected chi connectivity index (χ4v) is 3.26. The summed E-state index contributed by atoms with van der Waals surface area (Å²) >= 11 is 8.11. The lowest BCUT2D eigenvalue weighted by Crippen LogP contribution is -2.40. The van der Waals surface area contributed by atoms with E-state index < -0.39 is 0 Å². The summed E-state index contributed by atoms with van der Waals surface area (Å²) in [4.78, 5) is 2.43. The van der Waals surface area contributed by atoms with Gasteiger partial charge in [-0.1, -0.05) is 11.6 Å². The molecule has 2 nitrogen and oxygen atoms in total. The first-order valence-corrected chi connectivity index (χ1v) is 7.03. The summed E-state index contributed by atoms with van der Waals surface area (Å²) < 4.78 is 0. The number of thioether (sulfide) groups is 1. The van der Waals surface area contributed by atoms with Crippen LogP contribution < -0.4 is 10.6 Å². The van der Waals surface area contributed by atoms with Crippen molar-refractivity contribution in [2.75, 3.05) is 28.7 Å². The van der Waals surface area contributed by atoms with Crippen molar-refractivity contribution in [2.24, 2.45) is 0 Å². The van der Waals surface area contributed by atoms with Gasteiger partial charge in [0.1, 0.15) is 0 Å². The van der Waals surface area contributed by atoms with Crippen LogP contribution >= 0.6 is 23.4 Å². The first-order chi connectivity index (χ1) is 7.59. The van der Waals surface area contributed by atoms with Crippen molar-refractivity contribution in [3.05, 3.63) is 22.7 Å². The highest BCUT2D eigenvalue weighted by Crippen LogP contribution is 2.32. The predicted molar refractivity (Wildman–Crippen MR) is 74.7 cm³/mol. The van der Waals surface area contributed by atoms with Gasteiger partial charge in [-0.05, 0) is 31.5 Å². The molecule has 0 bridgehead atoms. The number of benzene rings is 1. The van der Waals surface area contributed by atoms with E-state index in [4.69, 9.17) is 17.3 Å². The number of anilines is 2. The van der Waals surface area contributed by atoms with Crippen molar-refractivity contribution in [3.63, 3.8) is 0 Å². The van der Waals surface area contributed by atoms with Crippen LogP contribution in [0.1, 0.15) is 12.5 Å². The molecular weight excluding hydrogens is 240 g/mol. The van der Waals surface area contributed by atoms with Crippen LogP contribution in [0.25, 0.3) is 0 Å². The smallest absolute Gasteiger partial charge is 0.0656 e. The van der Waals surface area contributed by atoms with E-state index in [1.54, 1.807) is 0 Å². The Labute approximate surface area is 106 Å². The SMILES string of the molecule is Cc1cc(N)c(Cl)cc1N1CCSCC1C. The summed E-state index contributed by atoms with van der Waals surface area (Å²) in [5.41, 5.74) is 8.91. The number of hydrogen-bond donors (Lipinski definition) is 1. The highest BCUT2D eigenvalue weighted by molar-refractivity contribution is 7.99. The number of rotatable bonds is 1. The Morgan fingerprint density at radius 2 is 2.25 bits per heavy atom. The Morgan fingerprint density at radius 1 is 1.50 bits per heavy atom. The molecular formula is C12H17ClN2S. The average molecular weight is 257 g/mol. The van der Waals surface area contributed by atoms with Crippen LogP contribution in [0.3, 0.4) is 0 Å². The van der Waals surface area contributed by atoms with Gasteiger partial charge in [0.05, 0.1) is 10.7 Å². The molecule has 1 aromatic rings. The van der Waals surface area contributed by atoms with Gasteiger partial charge in [-0.3, -0.25) is 0 Å². The summed E-state index contributed by atoms with van der Waals surface area (Å²) in [5.74, 6) is 2.37. The van der Waals surface area contributed by atoms with Gasteiger partial charge in [0.25, 0.3) is 0 Å². The van der Waals surface area contributed by atoms with E-state index in [0.29, 0.717) is 16.8 Å². The minimum atomic E-state index is 0.567.